The first-order valence-electron chi connectivity index (χ1n) is 9.64. The molecule has 0 fully saturated rings. The second-order valence-electron chi connectivity index (χ2n) is 8.44. The highest BCUT2D eigenvalue weighted by Crippen LogP contribution is 2.43. The van der Waals surface area contributed by atoms with Gasteiger partial charge < -0.3 is 14.6 Å². The molecule has 2 unspecified atom stereocenters. The van der Waals surface area contributed by atoms with Crippen molar-refractivity contribution in [1.29, 1.82) is 0 Å². The summed E-state index contributed by atoms with van der Waals surface area (Å²) in [4.78, 5) is 0. The van der Waals surface area contributed by atoms with Crippen LogP contribution in [0.3, 0.4) is 0 Å². The summed E-state index contributed by atoms with van der Waals surface area (Å²) in [6.07, 6.45) is 4.18. The molecule has 0 aliphatic carbocycles. The van der Waals surface area contributed by atoms with Gasteiger partial charge in [0.1, 0.15) is 5.75 Å². The molecule has 1 aromatic carbocycles. The number of allylic oxidation sites excluding steroid dienone is 2. The van der Waals surface area contributed by atoms with Crippen molar-refractivity contribution in [3.63, 3.8) is 0 Å². The fourth-order valence-electron chi connectivity index (χ4n) is 3.42. The van der Waals surface area contributed by atoms with Gasteiger partial charge >= 0.3 is 0 Å². The summed E-state index contributed by atoms with van der Waals surface area (Å²) in [6, 6.07) is 1.11. The normalized spacial score (nSPS) is 17.5. The summed E-state index contributed by atoms with van der Waals surface area (Å²) in [6.45, 7) is 14.8. The number of benzene rings is 1. The minimum atomic E-state index is -1.18. The van der Waals surface area contributed by atoms with E-state index < -0.39 is 14.4 Å². The molecule has 0 amide bonds. The first-order chi connectivity index (χ1) is 12.2. The average Bonchev–Trinajstić information content (AvgIpc) is 2.96. The highest BCUT2D eigenvalue weighted by molar-refractivity contribution is 7.16. The largest absolute Gasteiger partial charge is 0.493 e. The van der Waals surface area contributed by atoms with Gasteiger partial charge in [-0.25, -0.2) is 0 Å². The van der Waals surface area contributed by atoms with Crippen LogP contribution in [0.25, 0.3) is 0 Å². The Hall–Kier alpha value is -0.673. The zero-order valence-corrected chi connectivity index (χ0v) is 19.4. The molecule has 146 valence electrons. The molecule has 1 N–H and O–H groups in total. The monoisotopic (exact) mass is 394 g/mol. The number of hydrogen-bond acceptors (Lipinski definition) is 3. The molecule has 3 nitrogen and oxygen atoms in total. The molecule has 2 rings (SSSR count). The van der Waals surface area contributed by atoms with Crippen molar-refractivity contribution in [3.05, 3.63) is 39.5 Å². The van der Waals surface area contributed by atoms with Gasteiger partial charge in [0, 0.05) is 13.6 Å². The van der Waals surface area contributed by atoms with Crippen LogP contribution >= 0.6 is 9.24 Å². The smallest absolute Gasteiger partial charge is 0.185 e. The maximum absolute atomic E-state index is 10.4. The van der Waals surface area contributed by atoms with Crippen LogP contribution in [0.1, 0.15) is 48.0 Å². The molecule has 0 aromatic heterocycles. The summed E-state index contributed by atoms with van der Waals surface area (Å²) in [5.74, 6) is 0.874. The Morgan fingerprint density at radius 2 is 2.04 bits per heavy atom. The van der Waals surface area contributed by atoms with Gasteiger partial charge in [-0.15, -0.1) is 9.24 Å². The van der Waals surface area contributed by atoms with Crippen molar-refractivity contribution in [2.24, 2.45) is 0 Å². The van der Waals surface area contributed by atoms with Crippen LogP contribution in [-0.4, -0.2) is 25.9 Å². The summed E-state index contributed by atoms with van der Waals surface area (Å²) >= 11 is 0. The third kappa shape index (κ3) is 4.98. The van der Waals surface area contributed by atoms with Crippen LogP contribution in [0.4, 0.5) is 0 Å². The van der Waals surface area contributed by atoms with Crippen molar-refractivity contribution in [1.82, 2.24) is 0 Å². The van der Waals surface area contributed by atoms with Crippen LogP contribution in [0.2, 0.25) is 25.7 Å². The topological polar surface area (TPSA) is 38.7 Å². The van der Waals surface area contributed by atoms with E-state index in [-0.39, 0.29) is 0 Å². The van der Waals surface area contributed by atoms with Crippen LogP contribution in [0, 0.1) is 6.92 Å². The number of hydrogen-bond donors (Lipinski definition) is 1. The lowest BCUT2D eigenvalue weighted by Crippen LogP contribution is -2.23. The van der Waals surface area contributed by atoms with Crippen LogP contribution < -0.4 is 4.74 Å². The van der Waals surface area contributed by atoms with E-state index in [1.807, 2.05) is 0 Å². The Morgan fingerprint density at radius 3 is 2.62 bits per heavy atom. The first kappa shape index (κ1) is 21.6. The summed E-state index contributed by atoms with van der Waals surface area (Å²) in [5, 5.41) is 10.4. The van der Waals surface area contributed by atoms with Crippen molar-refractivity contribution >= 4 is 17.3 Å². The van der Waals surface area contributed by atoms with Gasteiger partial charge in [0.05, 0.1) is 18.8 Å². The Balaban J connectivity index is 2.51. The predicted molar refractivity (Wildman–Crippen MR) is 116 cm³/mol. The van der Waals surface area contributed by atoms with E-state index in [4.69, 9.17) is 9.47 Å². The highest BCUT2D eigenvalue weighted by atomic mass is 31.0. The van der Waals surface area contributed by atoms with E-state index in [1.54, 1.807) is 0 Å². The standard InChI is InChI=1S/C21H35O3PSi/c1-7-16-15(3)18-12-24-21(22)19(18)20(23-10-11-26(4,5)6)17(16)9-8-14(2)13-25/h8,21-22H,7,9-13,25H2,1-6H3/b14-8+. The van der Waals surface area contributed by atoms with Gasteiger partial charge in [-0.1, -0.05) is 38.2 Å². The number of rotatable bonds is 8. The van der Waals surface area contributed by atoms with E-state index >= 15 is 0 Å². The Bertz CT molecular complexity index is 677. The zero-order valence-electron chi connectivity index (χ0n) is 17.2. The SMILES string of the molecule is CCc1c(C)c2c(c(OCC[Si](C)(C)C)c1C/C=C(\C)CP)C(O)OC2. The number of aliphatic hydroxyl groups is 1. The third-order valence-electron chi connectivity index (χ3n) is 5.17. The molecule has 0 saturated heterocycles. The minimum Gasteiger partial charge on any atom is -0.493 e. The molecule has 1 heterocycles. The second-order valence-corrected chi connectivity index (χ2v) is 14.5. The third-order valence-corrected chi connectivity index (χ3v) is 7.52. The summed E-state index contributed by atoms with van der Waals surface area (Å²) < 4.78 is 11.9. The van der Waals surface area contributed by atoms with Gasteiger partial charge in [0.25, 0.3) is 0 Å². The van der Waals surface area contributed by atoms with Crippen molar-refractivity contribution in [2.75, 3.05) is 12.8 Å². The lowest BCUT2D eigenvalue weighted by Gasteiger charge is -2.23. The summed E-state index contributed by atoms with van der Waals surface area (Å²) in [5.41, 5.74) is 7.15. The van der Waals surface area contributed by atoms with Crippen LogP contribution in [0.15, 0.2) is 11.6 Å². The molecule has 26 heavy (non-hydrogen) atoms. The van der Waals surface area contributed by atoms with Gasteiger partial charge in [0.15, 0.2) is 6.29 Å². The fourth-order valence-corrected chi connectivity index (χ4v) is 4.30. The van der Waals surface area contributed by atoms with Crippen LogP contribution in [0.5, 0.6) is 5.75 Å². The van der Waals surface area contributed by atoms with E-state index in [1.165, 1.54) is 22.3 Å². The molecular weight excluding hydrogens is 359 g/mol. The molecule has 0 bridgehead atoms. The summed E-state index contributed by atoms with van der Waals surface area (Å²) in [7, 11) is 1.60. The van der Waals surface area contributed by atoms with E-state index in [2.05, 4.69) is 55.7 Å². The van der Waals surface area contributed by atoms with Crippen molar-refractivity contribution in [2.45, 2.75) is 72.2 Å². The number of aliphatic hydroxyl groups excluding tert-OH is 1. The minimum absolute atomic E-state index is 0.473. The molecule has 0 spiro atoms. The van der Waals surface area contributed by atoms with E-state index in [0.717, 1.165) is 41.9 Å². The van der Waals surface area contributed by atoms with Gasteiger partial charge in [-0.3, -0.25) is 0 Å². The Labute approximate surface area is 162 Å². The first-order valence-corrected chi connectivity index (χ1v) is 14.2. The lowest BCUT2D eigenvalue weighted by atomic mass is 9.89. The van der Waals surface area contributed by atoms with Gasteiger partial charge in [-0.05, 0) is 55.6 Å². The molecule has 5 heteroatoms. The fraction of sp³-hybridized carbons (Fsp3) is 0.619. The van der Waals surface area contributed by atoms with Crippen LogP contribution in [-0.2, 0) is 24.2 Å². The van der Waals surface area contributed by atoms with Crippen molar-refractivity contribution < 1.29 is 14.6 Å². The molecule has 0 radical (unpaired) electrons. The molecular formula is C21H35O3PSi. The molecule has 1 aliphatic heterocycles. The Kier molecular flexibility index (Phi) is 7.50. The zero-order chi connectivity index (χ0) is 19.5. The number of ether oxygens (including phenoxy) is 2. The highest BCUT2D eigenvalue weighted by Gasteiger charge is 2.31. The maximum atomic E-state index is 10.4. The molecule has 0 saturated carbocycles. The molecule has 1 aliphatic rings. The quantitative estimate of drug-likeness (QED) is 0.376. The molecule has 2 atom stereocenters. The average molecular weight is 395 g/mol. The maximum Gasteiger partial charge on any atom is 0.185 e. The van der Waals surface area contributed by atoms with Gasteiger partial charge in [-0.2, -0.15) is 0 Å². The van der Waals surface area contributed by atoms with Crippen molar-refractivity contribution in [3.8, 4) is 5.75 Å². The van der Waals surface area contributed by atoms with E-state index in [9.17, 15) is 5.11 Å². The number of fused-ring (bicyclic) bond motifs is 1. The predicted octanol–water partition coefficient (Wildman–Crippen LogP) is 5.16. The lowest BCUT2D eigenvalue weighted by molar-refractivity contribution is -0.0927. The van der Waals surface area contributed by atoms with Gasteiger partial charge in [0.2, 0.25) is 0 Å². The second kappa shape index (κ2) is 9.01. The molecule has 1 aromatic rings. The Morgan fingerprint density at radius 1 is 1.35 bits per heavy atom. The van der Waals surface area contributed by atoms with E-state index in [0.29, 0.717) is 13.2 Å².